The standard InChI is InChI=1S/C21H16ClN3O2S/c1-2-10-25-20(26)17-8-3-4-9-18(17)24-21(25)28-13-16-12-27-19(23-16)14-6-5-7-15(22)11-14/h2-9,11-12H,1,10,13H2. The van der Waals surface area contributed by atoms with Crippen molar-refractivity contribution in [2.24, 2.45) is 0 Å². The normalized spacial score (nSPS) is 11.0. The maximum Gasteiger partial charge on any atom is 0.262 e. The predicted molar refractivity (Wildman–Crippen MR) is 113 cm³/mol. The number of halogens is 1. The fraction of sp³-hybridized carbons (Fsp3) is 0.0952. The number of allylic oxidation sites excluding steroid dienone is 1. The van der Waals surface area contributed by atoms with Crippen LogP contribution in [0.3, 0.4) is 0 Å². The lowest BCUT2D eigenvalue weighted by Gasteiger charge is -2.10. The Morgan fingerprint density at radius 3 is 2.86 bits per heavy atom. The average molecular weight is 410 g/mol. The zero-order chi connectivity index (χ0) is 19.5. The highest BCUT2D eigenvalue weighted by Gasteiger charge is 2.13. The monoisotopic (exact) mass is 409 g/mol. The second-order valence-corrected chi connectivity index (χ2v) is 7.44. The van der Waals surface area contributed by atoms with Gasteiger partial charge in [-0.05, 0) is 30.3 Å². The molecule has 7 heteroatoms. The SMILES string of the molecule is C=CCn1c(SCc2coc(-c3cccc(Cl)c3)n2)nc2ccccc2c1=O. The van der Waals surface area contributed by atoms with Crippen molar-refractivity contribution in [1.82, 2.24) is 14.5 Å². The van der Waals surface area contributed by atoms with Gasteiger partial charge in [0.2, 0.25) is 5.89 Å². The second kappa shape index (κ2) is 8.04. The molecule has 0 spiro atoms. The molecule has 28 heavy (non-hydrogen) atoms. The zero-order valence-electron chi connectivity index (χ0n) is 14.8. The second-order valence-electron chi connectivity index (χ2n) is 6.06. The molecule has 4 aromatic rings. The number of hydrogen-bond acceptors (Lipinski definition) is 5. The van der Waals surface area contributed by atoms with Crippen LogP contribution in [0.25, 0.3) is 22.4 Å². The molecular formula is C21H16ClN3O2S. The number of hydrogen-bond donors (Lipinski definition) is 0. The Balaban J connectivity index is 1.61. The first-order valence-corrected chi connectivity index (χ1v) is 9.95. The summed E-state index contributed by atoms with van der Waals surface area (Å²) in [6, 6.07) is 14.7. The van der Waals surface area contributed by atoms with Gasteiger partial charge in [-0.3, -0.25) is 9.36 Å². The summed E-state index contributed by atoms with van der Waals surface area (Å²) in [5.41, 5.74) is 2.17. The van der Waals surface area contributed by atoms with Gasteiger partial charge in [-0.1, -0.05) is 47.6 Å². The third-order valence-corrected chi connectivity index (χ3v) is 5.36. The van der Waals surface area contributed by atoms with Crippen molar-refractivity contribution in [2.75, 3.05) is 0 Å². The molecule has 0 aliphatic carbocycles. The Morgan fingerprint density at radius 2 is 2.04 bits per heavy atom. The maximum atomic E-state index is 12.8. The summed E-state index contributed by atoms with van der Waals surface area (Å²) in [4.78, 5) is 22.0. The van der Waals surface area contributed by atoms with Gasteiger partial charge >= 0.3 is 0 Å². The topological polar surface area (TPSA) is 60.9 Å². The summed E-state index contributed by atoms with van der Waals surface area (Å²) in [5, 5.41) is 1.84. The molecular weight excluding hydrogens is 394 g/mol. The number of nitrogens with zero attached hydrogens (tertiary/aromatic N) is 3. The first-order valence-electron chi connectivity index (χ1n) is 8.59. The van der Waals surface area contributed by atoms with Crippen molar-refractivity contribution < 1.29 is 4.42 Å². The summed E-state index contributed by atoms with van der Waals surface area (Å²) in [5.74, 6) is 1.03. The van der Waals surface area contributed by atoms with Gasteiger partial charge in [-0.25, -0.2) is 9.97 Å². The van der Waals surface area contributed by atoms with Crippen molar-refractivity contribution in [2.45, 2.75) is 17.5 Å². The van der Waals surface area contributed by atoms with E-state index < -0.39 is 0 Å². The molecule has 140 valence electrons. The van der Waals surface area contributed by atoms with Crippen LogP contribution in [0.4, 0.5) is 0 Å². The molecule has 2 heterocycles. The molecule has 0 aliphatic heterocycles. The Kier molecular flexibility index (Phi) is 5.32. The highest BCUT2D eigenvalue weighted by molar-refractivity contribution is 7.98. The van der Waals surface area contributed by atoms with Crippen LogP contribution in [0.5, 0.6) is 0 Å². The molecule has 0 aliphatic rings. The third-order valence-electron chi connectivity index (χ3n) is 4.11. The first kappa shape index (κ1) is 18.5. The number of rotatable bonds is 6. The molecule has 0 fully saturated rings. The van der Waals surface area contributed by atoms with Gasteiger partial charge in [-0.2, -0.15) is 0 Å². The van der Waals surface area contributed by atoms with Crippen LogP contribution >= 0.6 is 23.4 Å². The summed E-state index contributed by atoms with van der Waals surface area (Å²) in [6.45, 7) is 4.14. The molecule has 0 bridgehead atoms. The lowest BCUT2D eigenvalue weighted by molar-refractivity contribution is 0.573. The van der Waals surface area contributed by atoms with Crippen LogP contribution in [0.1, 0.15) is 5.69 Å². The zero-order valence-corrected chi connectivity index (χ0v) is 16.4. The van der Waals surface area contributed by atoms with Crippen LogP contribution in [-0.4, -0.2) is 14.5 Å². The maximum absolute atomic E-state index is 12.8. The van der Waals surface area contributed by atoms with E-state index >= 15 is 0 Å². The average Bonchev–Trinajstić information content (AvgIpc) is 3.18. The van der Waals surface area contributed by atoms with E-state index in [1.54, 1.807) is 35.1 Å². The lowest BCUT2D eigenvalue weighted by Crippen LogP contribution is -2.22. The number of para-hydroxylation sites is 1. The van der Waals surface area contributed by atoms with E-state index in [1.165, 1.54) is 11.8 Å². The highest BCUT2D eigenvalue weighted by Crippen LogP contribution is 2.26. The van der Waals surface area contributed by atoms with E-state index in [4.69, 9.17) is 16.0 Å². The predicted octanol–water partition coefficient (Wildman–Crippen LogP) is 5.18. The van der Waals surface area contributed by atoms with E-state index in [0.717, 1.165) is 11.3 Å². The number of oxazole rings is 1. The summed E-state index contributed by atoms with van der Waals surface area (Å²) in [7, 11) is 0. The van der Waals surface area contributed by atoms with E-state index in [0.29, 0.717) is 39.3 Å². The van der Waals surface area contributed by atoms with Crippen LogP contribution in [0.2, 0.25) is 5.02 Å². The van der Waals surface area contributed by atoms with Gasteiger partial charge in [0.1, 0.15) is 6.26 Å². The molecule has 0 saturated heterocycles. The summed E-state index contributed by atoms with van der Waals surface area (Å²) in [6.07, 6.45) is 3.30. The summed E-state index contributed by atoms with van der Waals surface area (Å²) >= 11 is 7.47. The Bertz CT molecular complexity index is 1220. The number of fused-ring (bicyclic) bond motifs is 1. The van der Waals surface area contributed by atoms with Crippen molar-refractivity contribution in [3.8, 4) is 11.5 Å². The van der Waals surface area contributed by atoms with Crippen molar-refractivity contribution in [3.05, 3.63) is 88.5 Å². The largest absolute Gasteiger partial charge is 0.444 e. The molecule has 2 aromatic heterocycles. The number of aromatic nitrogens is 3. The summed E-state index contributed by atoms with van der Waals surface area (Å²) < 4.78 is 7.20. The van der Waals surface area contributed by atoms with E-state index in [1.807, 2.05) is 30.3 Å². The van der Waals surface area contributed by atoms with Crippen LogP contribution in [0.15, 0.2) is 81.8 Å². The fourth-order valence-electron chi connectivity index (χ4n) is 2.81. The third kappa shape index (κ3) is 3.74. The highest BCUT2D eigenvalue weighted by atomic mass is 35.5. The van der Waals surface area contributed by atoms with Crippen LogP contribution < -0.4 is 5.56 Å². The molecule has 0 N–H and O–H groups in total. The Labute approximate surface area is 170 Å². The molecule has 4 rings (SSSR count). The molecule has 0 atom stereocenters. The minimum Gasteiger partial charge on any atom is -0.444 e. The van der Waals surface area contributed by atoms with Gasteiger partial charge in [0.05, 0.1) is 16.6 Å². The molecule has 0 radical (unpaired) electrons. The van der Waals surface area contributed by atoms with Crippen molar-refractivity contribution in [1.29, 1.82) is 0 Å². The van der Waals surface area contributed by atoms with E-state index in [2.05, 4.69) is 16.5 Å². The number of benzene rings is 2. The first-order chi connectivity index (χ1) is 13.7. The lowest BCUT2D eigenvalue weighted by atomic mass is 10.2. The fourth-order valence-corrected chi connectivity index (χ4v) is 3.89. The molecule has 0 saturated carbocycles. The van der Waals surface area contributed by atoms with Crippen molar-refractivity contribution >= 4 is 34.3 Å². The number of thioether (sulfide) groups is 1. The minimum atomic E-state index is -0.0761. The molecule has 2 aromatic carbocycles. The molecule has 5 nitrogen and oxygen atoms in total. The van der Waals surface area contributed by atoms with Gasteiger partial charge in [0.25, 0.3) is 5.56 Å². The quantitative estimate of drug-likeness (QED) is 0.249. The van der Waals surface area contributed by atoms with Crippen molar-refractivity contribution in [3.63, 3.8) is 0 Å². The molecule has 0 unspecified atom stereocenters. The van der Waals surface area contributed by atoms with E-state index in [9.17, 15) is 4.79 Å². The van der Waals surface area contributed by atoms with Gasteiger partial charge in [-0.15, -0.1) is 6.58 Å². The van der Waals surface area contributed by atoms with E-state index in [-0.39, 0.29) is 5.56 Å². The minimum absolute atomic E-state index is 0.0761. The van der Waals surface area contributed by atoms with Crippen LogP contribution in [0, 0.1) is 0 Å². The smallest absolute Gasteiger partial charge is 0.262 e. The Morgan fingerprint density at radius 1 is 1.18 bits per heavy atom. The molecule has 0 amide bonds. The van der Waals surface area contributed by atoms with Gasteiger partial charge in [0.15, 0.2) is 5.16 Å². The van der Waals surface area contributed by atoms with Crippen LogP contribution in [-0.2, 0) is 12.3 Å². The van der Waals surface area contributed by atoms with Gasteiger partial charge < -0.3 is 4.42 Å². The van der Waals surface area contributed by atoms with Gasteiger partial charge in [0, 0.05) is 22.9 Å². The Hall–Kier alpha value is -2.83.